The van der Waals surface area contributed by atoms with Crippen LogP contribution < -0.4 is 10.5 Å². The summed E-state index contributed by atoms with van der Waals surface area (Å²) >= 11 is 0. The number of nitrogens with two attached hydrogens (primary N) is 1. The first-order valence-electron chi connectivity index (χ1n) is 7.40. The highest BCUT2D eigenvalue weighted by Gasteiger charge is 2.14. The molecule has 0 saturated carbocycles. The first-order chi connectivity index (χ1) is 11.3. The number of carboxylic acid groups (broad SMARTS) is 1. The number of sulfonamides is 1. The van der Waals surface area contributed by atoms with Crippen molar-refractivity contribution in [3.63, 3.8) is 0 Å². The van der Waals surface area contributed by atoms with Crippen molar-refractivity contribution in [3.8, 4) is 0 Å². The second-order valence-electron chi connectivity index (χ2n) is 5.60. The Kier molecular flexibility index (Phi) is 5.71. The molecule has 0 radical (unpaired) electrons. The van der Waals surface area contributed by atoms with Gasteiger partial charge in [-0.2, -0.15) is 0 Å². The van der Waals surface area contributed by atoms with Gasteiger partial charge >= 0.3 is 5.97 Å². The van der Waals surface area contributed by atoms with Crippen molar-refractivity contribution in [2.45, 2.75) is 30.8 Å². The molecule has 0 bridgehead atoms. The summed E-state index contributed by atoms with van der Waals surface area (Å²) in [5.74, 6) is -1.05. The van der Waals surface area contributed by atoms with Gasteiger partial charge in [-0.25, -0.2) is 13.1 Å². The molecule has 2 aromatic carbocycles. The molecule has 0 fully saturated rings. The Balaban J connectivity index is 1.99. The highest BCUT2D eigenvalue weighted by Crippen LogP contribution is 2.12. The van der Waals surface area contributed by atoms with Crippen LogP contribution in [0.3, 0.4) is 0 Å². The van der Waals surface area contributed by atoms with E-state index in [0.29, 0.717) is 0 Å². The largest absolute Gasteiger partial charge is 0.480 e. The highest BCUT2D eigenvalue weighted by atomic mass is 32.2. The Morgan fingerprint density at radius 2 is 1.62 bits per heavy atom. The molecule has 128 valence electrons. The number of rotatable bonds is 7. The van der Waals surface area contributed by atoms with Crippen molar-refractivity contribution in [1.82, 2.24) is 4.72 Å². The lowest BCUT2D eigenvalue weighted by Gasteiger charge is -2.09. The summed E-state index contributed by atoms with van der Waals surface area (Å²) in [5.41, 5.74) is 8.04. The van der Waals surface area contributed by atoms with Gasteiger partial charge in [0.05, 0.1) is 4.90 Å². The summed E-state index contributed by atoms with van der Waals surface area (Å²) in [7, 11) is -3.56. The van der Waals surface area contributed by atoms with Gasteiger partial charge in [-0.05, 0) is 36.6 Å². The summed E-state index contributed by atoms with van der Waals surface area (Å²) < 4.78 is 27.0. The fourth-order valence-electron chi connectivity index (χ4n) is 2.11. The lowest BCUT2D eigenvalue weighted by Crippen LogP contribution is -2.32. The van der Waals surface area contributed by atoms with Gasteiger partial charge in [-0.1, -0.05) is 42.0 Å². The maximum absolute atomic E-state index is 12.2. The van der Waals surface area contributed by atoms with Gasteiger partial charge in [-0.15, -0.1) is 0 Å². The molecule has 24 heavy (non-hydrogen) atoms. The van der Waals surface area contributed by atoms with E-state index in [9.17, 15) is 13.2 Å². The Morgan fingerprint density at radius 3 is 2.17 bits per heavy atom. The molecule has 0 saturated heterocycles. The number of benzene rings is 2. The first-order valence-corrected chi connectivity index (χ1v) is 8.89. The van der Waals surface area contributed by atoms with Gasteiger partial charge in [0, 0.05) is 6.54 Å². The number of nitrogens with one attached hydrogen (secondary N) is 1. The average Bonchev–Trinajstić information content (AvgIpc) is 2.54. The molecule has 2 rings (SSSR count). The smallest absolute Gasteiger partial charge is 0.320 e. The van der Waals surface area contributed by atoms with Crippen molar-refractivity contribution in [3.05, 3.63) is 65.2 Å². The predicted octanol–water partition coefficient (Wildman–Crippen LogP) is 1.43. The summed E-state index contributed by atoms with van der Waals surface area (Å²) in [5, 5.41) is 8.80. The molecule has 6 nitrogen and oxygen atoms in total. The van der Waals surface area contributed by atoms with E-state index in [2.05, 4.69) is 4.72 Å². The van der Waals surface area contributed by atoms with Crippen LogP contribution in [0.4, 0.5) is 0 Å². The van der Waals surface area contributed by atoms with E-state index in [0.717, 1.165) is 16.7 Å². The quantitative estimate of drug-likeness (QED) is 0.701. The van der Waals surface area contributed by atoms with Crippen LogP contribution in [-0.2, 0) is 27.8 Å². The van der Waals surface area contributed by atoms with Crippen LogP contribution in [-0.4, -0.2) is 25.5 Å². The van der Waals surface area contributed by atoms with E-state index in [1.807, 2.05) is 6.92 Å². The Bertz CT molecular complexity index is 799. The number of aryl methyl sites for hydroxylation is 1. The number of hydrogen-bond acceptors (Lipinski definition) is 4. The summed E-state index contributed by atoms with van der Waals surface area (Å²) in [6.45, 7) is 2.04. The third kappa shape index (κ3) is 4.89. The predicted molar refractivity (Wildman–Crippen MR) is 91.0 cm³/mol. The molecule has 1 atom stereocenters. The van der Waals surface area contributed by atoms with Crippen molar-refractivity contribution >= 4 is 16.0 Å². The fraction of sp³-hybridized carbons (Fsp3) is 0.235. The zero-order chi connectivity index (χ0) is 17.7. The minimum absolute atomic E-state index is 0.154. The number of aliphatic carboxylic acids is 1. The summed E-state index contributed by atoms with van der Waals surface area (Å²) in [6.07, 6.45) is 0.227. The average molecular weight is 348 g/mol. The number of carbonyl (C=O) groups is 1. The van der Waals surface area contributed by atoms with Crippen LogP contribution in [0, 0.1) is 6.92 Å². The van der Waals surface area contributed by atoms with Gasteiger partial charge in [0.25, 0.3) is 0 Å². The van der Waals surface area contributed by atoms with Gasteiger partial charge in [0.2, 0.25) is 10.0 Å². The van der Waals surface area contributed by atoms with E-state index in [1.54, 1.807) is 48.5 Å². The van der Waals surface area contributed by atoms with Crippen molar-refractivity contribution in [2.24, 2.45) is 5.73 Å². The zero-order valence-electron chi connectivity index (χ0n) is 13.3. The van der Waals surface area contributed by atoms with E-state index in [-0.39, 0.29) is 17.9 Å². The molecule has 0 aliphatic rings. The Hall–Kier alpha value is -2.22. The molecule has 0 amide bonds. The minimum atomic E-state index is -3.56. The van der Waals surface area contributed by atoms with Crippen molar-refractivity contribution < 1.29 is 18.3 Å². The van der Waals surface area contributed by atoms with Crippen LogP contribution in [0.15, 0.2) is 53.4 Å². The first kappa shape index (κ1) is 18.1. The van der Waals surface area contributed by atoms with E-state index in [4.69, 9.17) is 10.8 Å². The maximum atomic E-state index is 12.2. The second kappa shape index (κ2) is 7.57. The van der Waals surface area contributed by atoms with Crippen molar-refractivity contribution in [2.75, 3.05) is 0 Å². The lowest BCUT2D eigenvalue weighted by atomic mass is 10.0. The van der Waals surface area contributed by atoms with E-state index < -0.39 is 22.0 Å². The topological polar surface area (TPSA) is 109 Å². The van der Waals surface area contributed by atoms with Gasteiger partial charge < -0.3 is 10.8 Å². The third-order valence-corrected chi connectivity index (χ3v) is 5.01. The minimum Gasteiger partial charge on any atom is -0.480 e. The monoisotopic (exact) mass is 348 g/mol. The van der Waals surface area contributed by atoms with Crippen molar-refractivity contribution in [1.29, 1.82) is 0 Å². The van der Waals surface area contributed by atoms with Crippen LogP contribution in [0.25, 0.3) is 0 Å². The normalized spacial score (nSPS) is 12.8. The molecule has 4 N–H and O–H groups in total. The van der Waals surface area contributed by atoms with Crippen LogP contribution in [0.2, 0.25) is 0 Å². The van der Waals surface area contributed by atoms with Gasteiger partial charge in [0.15, 0.2) is 0 Å². The van der Waals surface area contributed by atoms with Gasteiger partial charge in [0.1, 0.15) is 6.04 Å². The Labute approximate surface area is 141 Å². The molecule has 0 aliphatic heterocycles. The third-order valence-electron chi connectivity index (χ3n) is 3.59. The highest BCUT2D eigenvalue weighted by molar-refractivity contribution is 7.89. The molecule has 0 aromatic heterocycles. The molecule has 0 heterocycles. The molecular weight excluding hydrogens is 328 g/mol. The fourth-order valence-corrected chi connectivity index (χ4v) is 3.13. The number of hydrogen-bond donors (Lipinski definition) is 3. The number of carboxylic acids is 1. The van der Waals surface area contributed by atoms with Crippen LogP contribution in [0.1, 0.15) is 16.7 Å². The lowest BCUT2D eigenvalue weighted by molar-refractivity contribution is -0.138. The van der Waals surface area contributed by atoms with Gasteiger partial charge in [-0.3, -0.25) is 4.79 Å². The standard InChI is InChI=1S/C17H20N2O4S/c1-12-2-8-15(9-3-12)24(22,23)19-11-14-6-4-13(5-7-14)10-16(18)17(20)21/h2-9,16,19H,10-11,18H2,1H3,(H,20,21)/t16-/m0/s1. The zero-order valence-corrected chi connectivity index (χ0v) is 14.1. The molecule has 0 unspecified atom stereocenters. The van der Waals surface area contributed by atoms with E-state index in [1.165, 1.54) is 0 Å². The summed E-state index contributed by atoms with van der Waals surface area (Å²) in [4.78, 5) is 11.0. The molecule has 0 spiro atoms. The van der Waals surface area contributed by atoms with Crippen LogP contribution >= 0.6 is 0 Å². The molecule has 0 aliphatic carbocycles. The van der Waals surface area contributed by atoms with E-state index >= 15 is 0 Å². The summed E-state index contributed by atoms with van der Waals surface area (Å²) in [6, 6.07) is 12.7. The molecule has 7 heteroatoms. The molecule has 2 aromatic rings. The maximum Gasteiger partial charge on any atom is 0.320 e. The van der Waals surface area contributed by atoms with Crippen LogP contribution in [0.5, 0.6) is 0 Å². The Morgan fingerprint density at radius 1 is 1.08 bits per heavy atom. The molecular formula is C17H20N2O4S. The second-order valence-corrected chi connectivity index (χ2v) is 7.37. The SMILES string of the molecule is Cc1ccc(S(=O)(=O)NCc2ccc(C[C@H](N)C(=O)O)cc2)cc1.